The maximum Gasteiger partial charge on any atom is 0.253 e. The molecule has 1 aromatic rings. The highest BCUT2D eigenvalue weighted by atomic mass is 32.2. The number of hydrogen-bond acceptors (Lipinski definition) is 2. The molecule has 0 spiro atoms. The van der Waals surface area contributed by atoms with Crippen LogP contribution in [-0.4, -0.2) is 34.9 Å². The van der Waals surface area contributed by atoms with Gasteiger partial charge in [0.1, 0.15) is 0 Å². The Morgan fingerprint density at radius 3 is 2.63 bits per heavy atom. The lowest BCUT2D eigenvalue weighted by atomic mass is 10.1. The average Bonchev–Trinajstić information content (AvgIpc) is 2.34. The predicted molar refractivity (Wildman–Crippen MR) is 80.6 cm³/mol. The van der Waals surface area contributed by atoms with Crippen molar-refractivity contribution in [3.63, 3.8) is 0 Å². The van der Waals surface area contributed by atoms with E-state index in [2.05, 4.69) is 13.8 Å². The molecule has 0 fully saturated rings. The molecule has 0 N–H and O–H groups in total. The van der Waals surface area contributed by atoms with Gasteiger partial charge in [0, 0.05) is 42.0 Å². The van der Waals surface area contributed by atoms with Crippen LogP contribution in [0.4, 0.5) is 0 Å². The van der Waals surface area contributed by atoms with Crippen LogP contribution in [0.2, 0.25) is 0 Å². The minimum Gasteiger partial charge on any atom is -0.342 e. The van der Waals surface area contributed by atoms with Crippen LogP contribution >= 0.6 is 0 Å². The molecular weight excluding hydrogens is 258 g/mol. The summed E-state index contributed by atoms with van der Waals surface area (Å²) >= 11 is 0. The third-order valence-electron chi connectivity index (χ3n) is 2.93. The van der Waals surface area contributed by atoms with Gasteiger partial charge in [-0.1, -0.05) is 26.0 Å². The van der Waals surface area contributed by atoms with E-state index in [0.29, 0.717) is 17.2 Å². The minimum absolute atomic E-state index is 0.0318. The normalized spacial score (nSPS) is 12.5. The van der Waals surface area contributed by atoms with Crippen molar-refractivity contribution in [3.05, 3.63) is 35.4 Å². The van der Waals surface area contributed by atoms with E-state index in [1.807, 2.05) is 31.3 Å². The SMILES string of the molecule is CC(C)CCN(C)C(=O)c1cccc(CS(C)=O)c1. The Bertz CT molecular complexity index is 457. The molecule has 1 aromatic carbocycles. The number of rotatable bonds is 6. The molecule has 0 aliphatic heterocycles. The maximum absolute atomic E-state index is 12.2. The van der Waals surface area contributed by atoms with E-state index in [0.717, 1.165) is 18.5 Å². The first-order valence-corrected chi connectivity index (χ1v) is 8.27. The maximum atomic E-state index is 12.2. The number of benzene rings is 1. The molecule has 1 amide bonds. The zero-order valence-corrected chi connectivity index (χ0v) is 13.0. The van der Waals surface area contributed by atoms with E-state index < -0.39 is 10.8 Å². The predicted octanol–water partition coefficient (Wildman–Crippen LogP) is 2.68. The van der Waals surface area contributed by atoms with Gasteiger partial charge in [-0.2, -0.15) is 0 Å². The van der Waals surface area contributed by atoms with E-state index in [4.69, 9.17) is 0 Å². The third kappa shape index (κ3) is 5.55. The third-order valence-corrected chi connectivity index (χ3v) is 3.67. The van der Waals surface area contributed by atoms with E-state index >= 15 is 0 Å². The van der Waals surface area contributed by atoms with Gasteiger partial charge in [-0.3, -0.25) is 9.00 Å². The summed E-state index contributed by atoms with van der Waals surface area (Å²) in [4.78, 5) is 14.0. The Morgan fingerprint density at radius 2 is 2.05 bits per heavy atom. The van der Waals surface area contributed by atoms with Crippen LogP contribution in [0.15, 0.2) is 24.3 Å². The summed E-state index contributed by atoms with van der Waals surface area (Å²) in [6, 6.07) is 7.42. The fourth-order valence-electron chi connectivity index (χ4n) is 1.80. The van der Waals surface area contributed by atoms with Crippen LogP contribution in [-0.2, 0) is 16.6 Å². The van der Waals surface area contributed by atoms with Crippen LogP contribution in [0.1, 0.15) is 36.2 Å². The smallest absolute Gasteiger partial charge is 0.253 e. The lowest BCUT2D eigenvalue weighted by Crippen LogP contribution is -2.28. The highest BCUT2D eigenvalue weighted by Crippen LogP contribution is 2.11. The van der Waals surface area contributed by atoms with Crippen molar-refractivity contribution in [2.75, 3.05) is 19.8 Å². The van der Waals surface area contributed by atoms with Crippen LogP contribution in [0.25, 0.3) is 0 Å². The van der Waals surface area contributed by atoms with Gasteiger partial charge in [0.2, 0.25) is 0 Å². The molecule has 19 heavy (non-hydrogen) atoms. The topological polar surface area (TPSA) is 37.4 Å². The quantitative estimate of drug-likeness (QED) is 0.804. The van der Waals surface area contributed by atoms with Crippen molar-refractivity contribution >= 4 is 16.7 Å². The van der Waals surface area contributed by atoms with Crippen molar-refractivity contribution in [3.8, 4) is 0 Å². The molecule has 0 saturated carbocycles. The van der Waals surface area contributed by atoms with Gasteiger partial charge in [-0.15, -0.1) is 0 Å². The molecule has 4 heteroatoms. The van der Waals surface area contributed by atoms with Gasteiger partial charge >= 0.3 is 0 Å². The molecule has 1 atom stereocenters. The van der Waals surface area contributed by atoms with Crippen molar-refractivity contribution in [1.29, 1.82) is 0 Å². The molecule has 0 aliphatic carbocycles. The molecule has 1 rings (SSSR count). The number of amides is 1. The molecule has 0 heterocycles. The van der Waals surface area contributed by atoms with Crippen LogP contribution in [0.5, 0.6) is 0 Å². The number of hydrogen-bond donors (Lipinski definition) is 0. The molecule has 1 unspecified atom stereocenters. The van der Waals surface area contributed by atoms with Crippen molar-refractivity contribution in [2.45, 2.75) is 26.0 Å². The molecule has 0 saturated heterocycles. The van der Waals surface area contributed by atoms with Crippen LogP contribution in [0.3, 0.4) is 0 Å². The second-order valence-electron chi connectivity index (χ2n) is 5.33. The summed E-state index contributed by atoms with van der Waals surface area (Å²) in [6.07, 6.45) is 2.67. The molecule has 3 nitrogen and oxygen atoms in total. The largest absolute Gasteiger partial charge is 0.342 e. The summed E-state index contributed by atoms with van der Waals surface area (Å²) in [7, 11) is 0.945. The lowest BCUT2D eigenvalue weighted by Gasteiger charge is -2.18. The zero-order valence-electron chi connectivity index (χ0n) is 12.2. The average molecular weight is 281 g/mol. The fraction of sp³-hybridized carbons (Fsp3) is 0.533. The van der Waals surface area contributed by atoms with Crippen LogP contribution < -0.4 is 0 Å². The summed E-state index contributed by atoms with van der Waals surface area (Å²) in [5.74, 6) is 1.12. The molecular formula is C15H23NO2S. The van der Waals surface area contributed by atoms with Crippen LogP contribution in [0, 0.1) is 5.92 Å². The van der Waals surface area contributed by atoms with Gasteiger partial charge in [0.05, 0.1) is 0 Å². The summed E-state index contributed by atoms with van der Waals surface area (Å²) < 4.78 is 11.2. The Hall–Kier alpha value is -1.16. The van der Waals surface area contributed by atoms with Crippen molar-refractivity contribution in [1.82, 2.24) is 4.90 Å². The second kappa shape index (κ2) is 7.43. The van der Waals surface area contributed by atoms with Gasteiger partial charge in [-0.05, 0) is 30.0 Å². The first kappa shape index (κ1) is 15.9. The number of carbonyl (C=O) groups excluding carboxylic acids is 1. The molecule has 106 valence electrons. The van der Waals surface area contributed by atoms with E-state index in [1.54, 1.807) is 11.2 Å². The van der Waals surface area contributed by atoms with E-state index in [1.165, 1.54) is 0 Å². The minimum atomic E-state index is -0.883. The zero-order chi connectivity index (χ0) is 14.4. The Kier molecular flexibility index (Phi) is 6.22. The molecule has 0 aliphatic rings. The van der Waals surface area contributed by atoms with E-state index in [-0.39, 0.29) is 5.91 Å². The highest BCUT2D eigenvalue weighted by Gasteiger charge is 2.12. The Labute approximate surface area is 118 Å². The number of nitrogens with zero attached hydrogens (tertiary/aromatic N) is 1. The highest BCUT2D eigenvalue weighted by molar-refractivity contribution is 7.83. The Morgan fingerprint density at radius 1 is 1.37 bits per heavy atom. The second-order valence-corrected chi connectivity index (χ2v) is 6.76. The van der Waals surface area contributed by atoms with Crippen molar-refractivity contribution in [2.24, 2.45) is 5.92 Å². The van der Waals surface area contributed by atoms with E-state index in [9.17, 15) is 9.00 Å². The lowest BCUT2D eigenvalue weighted by molar-refractivity contribution is 0.0789. The van der Waals surface area contributed by atoms with Gasteiger partial charge in [0.25, 0.3) is 5.91 Å². The summed E-state index contributed by atoms with van der Waals surface area (Å²) in [5, 5.41) is 0. The summed E-state index contributed by atoms with van der Waals surface area (Å²) in [5.41, 5.74) is 1.62. The molecule has 0 radical (unpaired) electrons. The molecule has 0 bridgehead atoms. The summed E-state index contributed by atoms with van der Waals surface area (Å²) in [6.45, 7) is 5.06. The van der Waals surface area contributed by atoms with Gasteiger partial charge in [-0.25, -0.2) is 0 Å². The monoisotopic (exact) mass is 281 g/mol. The number of carbonyl (C=O) groups is 1. The first-order valence-electron chi connectivity index (χ1n) is 6.54. The van der Waals surface area contributed by atoms with Gasteiger partial charge < -0.3 is 4.90 Å². The van der Waals surface area contributed by atoms with Gasteiger partial charge in [0.15, 0.2) is 0 Å². The standard InChI is InChI=1S/C15H23NO2S/c1-12(2)8-9-16(3)15(17)14-7-5-6-13(10-14)11-19(4)18/h5-7,10,12H,8-9,11H2,1-4H3. The Balaban J connectivity index is 2.73. The first-order chi connectivity index (χ1) is 8.90. The molecule has 0 aromatic heterocycles. The van der Waals surface area contributed by atoms with Crippen molar-refractivity contribution < 1.29 is 9.00 Å². The fourth-order valence-corrected chi connectivity index (χ4v) is 2.45.